The number of rotatable bonds is 19. The normalized spacial score (nSPS) is 11.3. The third kappa shape index (κ3) is 10.5. The minimum atomic E-state index is -1.22. The SMILES string of the molecule is CC(CO)(CO)C(=O)OCCCCCCCCCCCCOc1cc(C(=O)O)ccc1-c1ccccc1. The number of benzene rings is 2. The van der Waals surface area contributed by atoms with Crippen LogP contribution in [-0.2, 0) is 9.53 Å². The first kappa shape index (κ1) is 30.3. The van der Waals surface area contributed by atoms with Gasteiger partial charge in [0.15, 0.2) is 0 Å². The Morgan fingerprint density at radius 1 is 0.757 bits per heavy atom. The highest BCUT2D eigenvalue weighted by molar-refractivity contribution is 5.89. The Hall–Kier alpha value is -2.90. The molecule has 37 heavy (non-hydrogen) atoms. The average molecular weight is 515 g/mol. The number of carbonyl (C=O) groups excluding carboxylic acids is 1. The molecule has 7 heteroatoms. The summed E-state index contributed by atoms with van der Waals surface area (Å²) >= 11 is 0. The van der Waals surface area contributed by atoms with Crippen molar-refractivity contribution in [1.82, 2.24) is 0 Å². The first-order valence-corrected chi connectivity index (χ1v) is 13.4. The van der Waals surface area contributed by atoms with Crippen molar-refractivity contribution in [3.05, 3.63) is 54.1 Å². The van der Waals surface area contributed by atoms with E-state index in [1.165, 1.54) is 26.2 Å². The number of aliphatic hydroxyl groups excluding tert-OH is 2. The van der Waals surface area contributed by atoms with E-state index in [9.17, 15) is 24.9 Å². The Kier molecular flexibility index (Phi) is 13.7. The number of aromatic carboxylic acids is 1. The topological polar surface area (TPSA) is 113 Å². The van der Waals surface area contributed by atoms with Gasteiger partial charge in [-0.2, -0.15) is 0 Å². The van der Waals surface area contributed by atoms with E-state index < -0.39 is 30.6 Å². The van der Waals surface area contributed by atoms with Crippen LogP contribution in [0.15, 0.2) is 48.5 Å². The summed E-state index contributed by atoms with van der Waals surface area (Å²) < 4.78 is 11.2. The number of aliphatic hydroxyl groups is 2. The van der Waals surface area contributed by atoms with Crippen molar-refractivity contribution in [2.24, 2.45) is 5.41 Å². The lowest BCUT2D eigenvalue weighted by Crippen LogP contribution is -2.37. The Balaban J connectivity index is 1.53. The molecule has 0 bridgehead atoms. The molecule has 0 saturated heterocycles. The van der Waals surface area contributed by atoms with Crippen molar-refractivity contribution in [2.75, 3.05) is 26.4 Å². The molecule has 204 valence electrons. The molecule has 0 saturated carbocycles. The van der Waals surface area contributed by atoms with E-state index in [1.54, 1.807) is 12.1 Å². The monoisotopic (exact) mass is 514 g/mol. The van der Waals surface area contributed by atoms with Crippen LogP contribution in [0, 0.1) is 5.41 Å². The van der Waals surface area contributed by atoms with Crippen LogP contribution >= 0.6 is 0 Å². The molecule has 0 spiro atoms. The van der Waals surface area contributed by atoms with Crippen molar-refractivity contribution in [1.29, 1.82) is 0 Å². The number of carbonyl (C=O) groups is 2. The number of esters is 1. The highest BCUT2D eigenvalue weighted by Crippen LogP contribution is 2.31. The summed E-state index contributed by atoms with van der Waals surface area (Å²) in [6.07, 6.45) is 10.8. The third-order valence-electron chi connectivity index (χ3n) is 6.53. The lowest BCUT2D eigenvalue weighted by molar-refractivity contribution is -0.160. The average Bonchev–Trinajstić information content (AvgIpc) is 2.92. The number of hydrogen-bond donors (Lipinski definition) is 3. The van der Waals surface area contributed by atoms with Crippen molar-refractivity contribution >= 4 is 11.9 Å². The second-order valence-electron chi connectivity index (χ2n) is 9.78. The summed E-state index contributed by atoms with van der Waals surface area (Å²) in [5, 5.41) is 27.7. The zero-order chi connectivity index (χ0) is 26.9. The lowest BCUT2D eigenvalue weighted by Gasteiger charge is -2.22. The number of carboxylic acids is 1. The van der Waals surface area contributed by atoms with Crippen molar-refractivity contribution < 1.29 is 34.4 Å². The maximum Gasteiger partial charge on any atom is 0.335 e. The molecule has 2 rings (SSSR count). The van der Waals surface area contributed by atoms with Crippen molar-refractivity contribution in [3.8, 4) is 16.9 Å². The van der Waals surface area contributed by atoms with Gasteiger partial charge in [-0.1, -0.05) is 81.7 Å². The molecular formula is C30H42O7. The molecular weight excluding hydrogens is 472 g/mol. The molecule has 0 aliphatic heterocycles. The highest BCUT2D eigenvalue weighted by Gasteiger charge is 2.33. The smallest absolute Gasteiger partial charge is 0.335 e. The third-order valence-corrected chi connectivity index (χ3v) is 6.53. The van der Waals surface area contributed by atoms with Gasteiger partial charge in [0, 0.05) is 5.56 Å². The van der Waals surface area contributed by atoms with Gasteiger partial charge in [-0.15, -0.1) is 0 Å². The van der Waals surface area contributed by atoms with Crippen LogP contribution in [0.25, 0.3) is 11.1 Å². The van der Waals surface area contributed by atoms with Crippen LogP contribution in [0.5, 0.6) is 5.75 Å². The van der Waals surface area contributed by atoms with Crippen LogP contribution in [0.1, 0.15) is 81.5 Å². The number of hydrogen-bond acceptors (Lipinski definition) is 6. The molecule has 0 fully saturated rings. The maximum atomic E-state index is 11.8. The second-order valence-corrected chi connectivity index (χ2v) is 9.78. The Morgan fingerprint density at radius 2 is 1.30 bits per heavy atom. The summed E-state index contributed by atoms with van der Waals surface area (Å²) in [6.45, 7) is 1.52. The molecule has 0 aliphatic carbocycles. The van der Waals surface area contributed by atoms with E-state index in [4.69, 9.17) is 9.47 Å². The Bertz CT molecular complexity index is 938. The Morgan fingerprint density at radius 3 is 1.84 bits per heavy atom. The van der Waals surface area contributed by atoms with Gasteiger partial charge >= 0.3 is 11.9 Å². The first-order chi connectivity index (χ1) is 17.9. The fraction of sp³-hybridized carbons (Fsp3) is 0.533. The van der Waals surface area contributed by atoms with Gasteiger partial charge in [0.1, 0.15) is 11.2 Å². The summed E-state index contributed by atoms with van der Waals surface area (Å²) in [7, 11) is 0. The summed E-state index contributed by atoms with van der Waals surface area (Å²) in [4.78, 5) is 23.2. The zero-order valence-electron chi connectivity index (χ0n) is 22.0. The standard InChI is InChI=1S/C30H42O7/c1-30(22-31,23-32)29(35)37-20-14-9-7-5-3-2-4-6-8-13-19-36-27-21-25(28(33)34)17-18-26(27)24-15-11-10-12-16-24/h10-12,15-18,21,31-32H,2-9,13-14,19-20,22-23H2,1H3,(H,33,34). The van der Waals surface area contributed by atoms with E-state index in [1.807, 2.05) is 36.4 Å². The fourth-order valence-corrected chi connectivity index (χ4v) is 3.95. The zero-order valence-corrected chi connectivity index (χ0v) is 22.0. The molecule has 0 radical (unpaired) electrons. The van der Waals surface area contributed by atoms with E-state index in [2.05, 4.69) is 0 Å². The van der Waals surface area contributed by atoms with Crippen LogP contribution < -0.4 is 4.74 Å². The molecule has 0 aromatic heterocycles. The van der Waals surface area contributed by atoms with Crippen LogP contribution in [0.3, 0.4) is 0 Å². The quantitative estimate of drug-likeness (QED) is 0.159. The molecule has 0 unspecified atom stereocenters. The van der Waals surface area contributed by atoms with Crippen molar-refractivity contribution in [2.45, 2.75) is 71.1 Å². The van der Waals surface area contributed by atoms with Gasteiger partial charge in [0.25, 0.3) is 0 Å². The largest absolute Gasteiger partial charge is 0.493 e. The Labute approximate surface area is 220 Å². The van der Waals surface area contributed by atoms with E-state index in [0.717, 1.165) is 56.1 Å². The molecule has 0 aliphatic rings. The fourth-order valence-electron chi connectivity index (χ4n) is 3.95. The van der Waals surface area contributed by atoms with Gasteiger partial charge in [-0.3, -0.25) is 4.79 Å². The molecule has 3 N–H and O–H groups in total. The van der Waals surface area contributed by atoms with Gasteiger partial charge in [0.05, 0.1) is 32.0 Å². The minimum Gasteiger partial charge on any atom is -0.493 e. The number of unbranched alkanes of at least 4 members (excludes halogenated alkanes) is 9. The molecule has 2 aromatic rings. The first-order valence-electron chi connectivity index (χ1n) is 13.4. The van der Waals surface area contributed by atoms with E-state index >= 15 is 0 Å². The summed E-state index contributed by atoms with van der Waals surface area (Å²) in [6, 6.07) is 14.9. The summed E-state index contributed by atoms with van der Waals surface area (Å²) in [5.41, 5.74) is 0.907. The molecule has 0 amide bonds. The lowest BCUT2D eigenvalue weighted by atomic mass is 9.93. The van der Waals surface area contributed by atoms with Crippen LogP contribution in [0.4, 0.5) is 0 Å². The van der Waals surface area contributed by atoms with Gasteiger partial charge in [-0.25, -0.2) is 4.79 Å². The maximum absolute atomic E-state index is 11.8. The number of ether oxygens (including phenoxy) is 2. The van der Waals surface area contributed by atoms with Gasteiger partial charge in [-0.05, 0) is 43.5 Å². The predicted octanol–water partition coefficient (Wildman–Crippen LogP) is 5.87. The van der Waals surface area contributed by atoms with Gasteiger partial charge < -0.3 is 24.8 Å². The van der Waals surface area contributed by atoms with E-state index in [-0.39, 0.29) is 5.56 Å². The second kappa shape index (κ2) is 16.8. The van der Waals surface area contributed by atoms with Gasteiger partial charge in [0.2, 0.25) is 0 Å². The highest BCUT2D eigenvalue weighted by atomic mass is 16.5. The minimum absolute atomic E-state index is 0.224. The van der Waals surface area contributed by atoms with Crippen LogP contribution in [0.2, 0.25) is 0 Å². The molecule has 7 nitrogen and oxygen atoms in total. The molecule has 0 atom stereocenters. The summed E-state index contributed by atoms with van der Waals surface area (Å²) in [5.74, 6) is -0.901. The van der Waals surface area contributed by atoms with Crippen LogP contribution in [-0.4, -0.2) is 53.7 Å². The van der Waals surface area contributed by atoms with E-state index in [0.29, 0.717) is 19.0 Å². The van der Waals surface area contributed by atoms with Crippen molar-refractivity contribution in [3.63, 3.8) is 0 Å². The molecule has 2 aromatic carbocycles. The predicted molar refractivity (Wildman–Crippen MR) is 144 cm³/mol. The molecule has 0 heterocycles. The number of carboxylic acid groups (broad SMARTS) is 1.